The lowest BCUT2D eigenvalue weighted by Crippen LogP contribution is -2.41. The maximum Gasteiger partial charge on any atom is 0.410 e. The van der Waals surface area contributed by atoms with Crippen LogP contribution < -0.4 is 10.3 Å². The van der Waals surface area contributed by atoms with E-state index in [9.17, 15) is 9.59 Å². The standard InChI is InChI=1S/C23H23N3O4/c1-29-19-9-7-18(8-10-19)15-30-23(28)25-12-11-21-20(14-25)22(27)26(16-24-21)13-17-5-3-2-4-6-17/h2-10,16H,11-15H2,1H3. The summed E-state index contributed by atoms with van der Waals surface area (Å²) < 4.78 is 12.2. The Kier molecular flexibility index (Phi) is 5.79. The summed E-state index contributed by atoms with van der Waals surface area (Å²) in [5, 5.41) is 0. The highest BCUT2D eigenvalue weighted by Gasteiger charge is 2.25. The molecule has 4 rings (SSSR count). The molecule has 0 fully saturated rings. The average molecular weight is 405 g/mol. The molecule has 1 amide bonds. The van der Waals surface area contributed by atoms with Gasteiger partial charge in [0.1, 0.15) is 12.4 Å². The summed E-state index contributed by atoms with van der Waals surface area (Å²) >= 11 is 0. The van der Waals surface area contributed by atoms with E-state index in [2.05, 4.69) is 4.98 Å². The Morgan fingerprint density at radius 3 is 2.57 bits per heavy atom. The number of carbonyl (C=O) groups is 1. The molecule has 0 bridgehead atoms. The van der Waals surface area contributed by atoms with Crippen molar-refractivity contribution >= 4 is 6.09 Å². The fourth-order valence-corrected chi connectivity index (χ4v) is 3.46. The van der Waals surface area contributed by atoms with E-state index in [1.54, 1.807) is 22.9 Å². The number of aromatic nitrogens is 2. The monoisotopic (exact) mass is 405 g/mol. The predicted molar refractivity (Wildman–Crippen MR) is 111 cm³/mol. The van der Waals surface area contributed by atoms with Crippen LogP contribution >= 0.6 is 0 Å². The van der Waals surface area contributed by atoms with Crippen molar-refractivity contribution in [3.05, 3.63) is 93.7 Å². The van der Waals surface area contributed by atoms with Gasteiger partial charge in [0.2, 0.25) is 0 Å². The second kappa shape index (κ2) is 8.82. The van der Waals surface area contributed by atoms with Crippen LogP contribution in [-0.2, 0) is 30.9 Å². The molecule has 154 valence electrons. The van der Waals surface area contributed by atoms with Gasteiger partial charge in [0, 0.05) is 13.0 Å². The van der Waals surface area contributed by atoms with Crippen molar-refractivity contribution in [3.63, 3.8) is 0 Å². The van der Waals surface area contributed by atoms with Gasteiger partial charge in [-0.05, 0) is 23.3 Å². The first-order chi connectivity index (χ1) is 14.6. The first-order valence-electron chi connectivity index (χ1n) is 9.80. The van der Waals surface area contributed by atoms with Gasteiger partial charge in [0.25, 0.3) is 5.56 Å². The molecule has 0 radical (unpaired) electrons. The number of rotatable bonds is 5. The number of hydrogen-bond donors (Lipinski definition) is 0. The molecule has 1 aliphatic heterocycles. The molecule has 1 aliphatic rings. The van der Waals surface area contributed by atoms with Crippen molar-refractivity contribution in [2.75, 3.05) is 13.7 Å². The van der Waals surface area contributed by atoms with Crippen molar-refractivity contribution < 1.29 is 14.3 Å². The third-order valence-electron chi connectivity index (χ3n) is 5.16. The molecule has 7 heteroatoms. The van der Waals surface area contributed by atoms with Crippen LogP contribution in [0, 0.1) is 0 Å². The Morgan fingerprint density at radius 2 is 1.83 bits per heavy atom. The van der Waals surface area contributed by atoms with Crippen LogP contribution in [-0.4, -0.2) is 34.2 Å². The Bertz CT molecular complexity index is 1080. The van der Waals surface area contributed by atoms with Gasteiger partial charge in [0.15, 0.2) is 0 Å². The molecule has 2 heterocycles. The number of fused-ring (bicyclic) bond motifs is 1. The van der Waals surface area contributed by atoms with E-state index in [0.717, 1.165) is 22.6 Å². The molecule has 0 N–H and O–H groups in total. The van der Waals surface area contributed by atoms with Gasteiger partial charge in [0.05, 0.1) is 37.8 Å². The average Bonchev–Trinajstić information content (AvgIpc) is 2.80. The third kappa shape index (κ3) is 4.35. The summed E-state index contributed by atoms with van der Waals surface area (Å²) in [4.78, 5) is 31.5. The second-order valence-electron chi connectivity index (χ2n) is 7.16. The Morgan fingerprint density at radius 1 is 1.07 bits per heavy atom. The maximum absolute atomic E-state index is 13.0. The van der Waals surface area contributed by atoms with E-state index >= 15 is 0 Å². The maximum atomic E-state index is 13.0. The summed E-state index contributed by atoms with van der Waals surface area (Å²) in [5.74, 6) is 0.747. The minimum Gasteiger partial charge on any atom is -0.497 e. The predicted octanol–water partition coefficient (Wildman–Crippen LogP) is 3.00. The van der Waals surface area contributed by atoms with Crippen LogP contribution in [0.2, 0.25) is 0 Å². The molecule has 0 atom stereocenters. The first-order valence-corrected chi connectivity index (χ1v) is 9.80. The Labute approximate surface area is 174 Å². The van der Waals surface area contributed by atoms with Crippen molar-refractivity contribution in [3.8, 4) is 5.75 Å². The van der Waals surface area contributed by atoms with Gasteiger partial charge >= 0.3 is 6.09 Å². The molecular formula is C23H23N3O4. The molecule has 2 aromatic carbocycles. The molecule has 7 nitrogen and oxygen atoms in total. The zero-order chi connectivity index (χ0) is 20.9. The number of nitrogens with zero attached hydrogens (tertiary/aromatic N) is 3. The topological polar surface area (TPSA) is 73.7 Å². The largest absolute Gasteiger partial charge is 0.497 e. The van der Waals surface area contributed by atoms with Crippen LogP contribution in [0.15, 0.2) is 65.7 Å². The van der Waals surface area contributed by atoms with E-state index in [0.29, 0.717) is 25.1 Å². The Hall–Kier alpha value is -3.61. The van der Waals surface area contributed by atoms with Gasteiger partial charge in [-0.2, -0.15) is 0 Å². The first kappa shape index (κ1) is 19.7. The van der Waals surface area contributed by atoms with Crippen molar-refractivity contribution in [2.24, 2.45) is 0 Å². The highest BCUT2D eigenvalue weighted by Crippen LogP contribution is 2.16. The number of methoxy groups -OCH3 is 1. The zero-order valence-corrected chi connectivity index (χ0v) is 16.8. The molecule has 30 heavy (non-hydrogen) atoms. The van der Waals surface area contributed by atoms with E-state index < -0.39 is 6.09 Å². The van der Waals surface area contributed by atoms with Gasteiger partial charge in [-0.15, -0.1) is 0 Å². The van der Waals surface area contributed by atoms with Crippen LogP contribution in [0.1, 0.15) is 22.4 Å². The van der Waals surface area contributed by atoms with Crippen molar-refractivity contribution in [1.29, 1.82) is 0 Å². The smallest absolute Gasteiger partial charge is 0.410 e. The highest BCUT2D eigenvalue weighted by atomic mass is 16.6. The molecule has 0 unspecified atom stereocenters. The molecular weight excluding hydrogens is 382 g/mol. The molecule has 0 saturated carbocycles. The molecule has 0 aliphatic carbocycles. The lowest BCUT2D eigenvalue weighted by atomic mass is 10.1. The molecule has 1 aromatic heterocycles. The Balaban J connectivity index is 1.43. The summed E-state index contributed by atoms with van der Waals surface area (Å²) in [6.07, 6.45) is 1.69. The fourth-order valence-electron chi connectivity index (χ4n) is 3.46. The normalized spacial score (nSPS) is 12.9. The van der Waals surface area contributed by atoms with Crippen LogP contribution in [0.3, 0.4) is 0 Å². The van der Waals surface area contributed by atoms with E-state index in [4.69, 9.17) is 9.47 Å². The zero-order valence-electron chi connectivity index (χ0n) is 16.8. The van der Waals surface area contributed by atoms with Crippen LogP contribution in [0.4, 0.5) is 4.79 Å². The van der Waals surface area contributed by atoms with E-state index in [-0.39, 0.29) is 18.7 Å². The van der Waals surface area contributed by atoms with Gasteiger partial charge in [-0.3, -0.25) is 9.36 Å². The minimum absolute atomic E-state index is 0.114. The summed E-state index contributed by atoms with van der Waals surface area (Å²) in [6.45, 7) is 1.29. The van der Waals surface area contributed by atoms with Crippen molar-refractivity contribution in [1.82, 2.24) is 14.5 Å². The summed E-state index contributed by atoms with van der Waals surface area (Å²) in [5.41, 5.74) is 3.09. The lowest BCUT2D eigenvalue weighted by molar-refractivity contribution is 0.0913. The van der Waals surface area contributed by atoms with Crippen LogP contribution in [0.25, 0.3) is 0 Å². The van der Waals surface area contributed by atoms with E-state index in [1.807, 2.05) is 54.6 Å². The summed E-state index contributed by atoms with van der Waals surface area (Å²) in [6, 6.07) is 17.1. The van der Waals surface area contributed by atoms with Crippen LogP contribution in [0.5, 0.6) is 5.75 Å². The number of benzene rings is 2. The second-order valence-corrected chi connectivity index (χ2v) is 7.16. The lowest BCUT2D eigenvalue weighted by Gasteiger charge is -2.27. The fraction of sp³-hybridized carbons (Fsp3) is 0.261. The van der Waals surface area contributed by atoms with E-state index in [1.165, 1.54) is 0 Å². The van der Waals surface area contributed by atoms with Gasteiger partial charge in [-0.25, -0.2) is 9.78 Å². The van der Waals surface area contributed by atoms with Crippen molar-refractivity contribution in [2.45, 2.75) is 26.1 Å². The van der Waals surface area contributed by atoms with Gasteiger partial charge < -0.3 is 14.4 Å². The van der Waals surface area contributed by atoms with Gasteiger partial charge in [-0.1, -0.05) is 42.5 Å². The quantitative estimate of drug-likeness (QED) is 0.652. The molecule has 0 saturated heterocycles. The number of amides is 1. The minimum atomic E-state index is -0.436. The highest BCUT2D eigenvalue weighted by molar-refractivity contribution is 5.68. The number of carbonyl (C=O) groups excluding carboxylic acids is 1. The SMILES string of the molecule is COc1ccc(COC(=O)N2CCc3ncn(Cc4ccccc4)c(=O)c3C2)cc1. The third-order valence-corrected chi connectivity index (χ3v) is 5.16. The number of hydrogen-bond acceptors (Lipinski definition) is 5. The molecule has 0 spiro atoms. The molecule has 3 aromatic rings. The summed E-state index contributed by atoms with van der Waals surface area (Å²) in [7, 11) is 1.60. The number of ether oxygens (including phenoxy) is 2.